The van der Waals surface area contributed by atoms with Gasteiger partial charge in [0.1, 0.15) is 12.0 Å². The lowest BCUT2D eigenvalue weighted by molar-refractivity contribution is -0.141. The van der Waals surface area contributed by atoms with E-state index in [1.165, 1.54) is 19.2 Å². The monoisotopic (exact) mass is 470 g/mol. The number of rotatable bonds is 8. The molecule has 1 aliphatic carbocycles. The topological polar surface area (TPSA) is 58.6 Å². The maximum absolute atomic E-state index is 14.0. The van der Waals surface area contributed by atoms with E-state index in [2.05, 4.69) is 5.32 Å². The quantitative estimate of drug-likeness (QED) is 0.554. The zero-order valence-corrected chi connectivity index (χ0v) is 19.4. The Hall–Kier alpha value is -2.70. The lowest BCUT2D eigenvalue weighted by Crippen LogP contribution is -2.48. The van der Waals surface area contributed by atoms with Crippen LogP contribution in [0.5, 0.6) is 0 Å². The molecule has 0 fully saturated rings. The number of nitrogens with zero attached hydrogens (tertiary/aromatic N) is 1. The van der Waals surface area contributed by atoms with E-state index in [0.717, 1.165) is 42.4 Å². The van der Waals surface area contributed by atoms with E-state index in [4.69, 9.17) is 16.3 Å². The summed E-state index contributed by atoms with van der Waals surface area (Å²) in [6, 6.07) is 13.3. The summed E-state index contributed by atoms with van der Waals surface area (Å²) < 4.78 is 18.9. The minimum atomic E-state index is -0.488. The molecule has 7 heteroatoms. The maximum atomic E-state index is 14.0. The van der Waals surface area contributed by atoms with Crippen LogP contribution in [0.15, 0.2) is 59.7 Å². The van der Waals surface area contributed by atoms with Gasteiger partial charge in [-0.2, -0.15) is 0 Å². The van der Waals surface area contributed by atoms with Gasteiger partial charge in [-0.05, 0) is 73.1 Å². The summed E-state index contributed by atoms with van der Waals surface area (Å²) in [5.41, 5.74) is 3.71. The lowest BCUT2D eigenvalue weighted by Gasteiger charge is -2.32. The minimum absolute atomic E-state index is 0.0400. The van der Waals surface area contributed by atoms with Crippen LogP contribution in [-0.4, -0.2) is 36.6 Å². The van der Waals surface area contributed by atoms with E-state index < -0.39 is 12.0 Å². The summed E-state index contributed by atoms with van der Waals surface area (Å²) in [4.78, 5) is 27.3. The molecule has 0 radical (unpaired) electrons. The van der Waals surface area contributed by atoms with Crippen molar-refractivity contribution in [3.63, 3.8) is 0 Å². The largest absolute Gasteiger partial charge is 0.469 e. The van der Waals surface area contributed by atoms with Crippen molar-refractivity contribution < 1.29 is 18.7 Å². The number of hydrogen-bond donors (Lipinski definition) is 1. The number of carbonyl (C=O) groups excluding carboxylic acids is 2. The molecule has 0 bridgehead atoms. The molecule has 1 heterocycles. The lowest BCUT2D eigenvalue weighted by atomic mass is 9.92. The molecule has 0 saturated heterocycles. The van der Waals surface area contributed by atoms with Crippen LogP contribution in [0.3, 0.4) is 0 Å². The van der Waals surface area contributed by atoms with Crippen LogP contribution in [0.2, 0.25) is 5.02 Å². The van der Waals surface area contributed by atoms with Crippen LogP contribution in [0.4, 0.5) is 4.39 Å². The second-order valence-electron chi connectivity index (χ2n) is 8.54. The third-order valence-corrected chi connectivity index (χ3v) is 6.69. The first kappa shape index (κ1) is 23.5. The third kappa shape index (κ3) is 5.45. The predicted molar refractivity (Wildman–Crippen MR) is 125 cm³/mol. The molecule has 2 aromatic carbocycles. The van der Waals surface area contributed by atoms with Crippen molar-refractivity contribution in [1.82, 2.24) is 10.2 Å². The summed E-state index contributed by atoms with van der Waals surface area (Å²) >= 11 is 6.00. The highest BCUT2D eigenvalue weighted by Crippen LogP contribution is 2.37. The number of carbonyl (C=O) groups is 2. The SMILES string of the molecule is COC(=O)CC(NC1C2=C(CCCC2)C(=O)N1CCc1ccc(Cl)cc1)c1cccc(F)c1. The Bertz CT molecular complexity index is 1050. The second kappa shape index (κ2) is 10.5. The summed E-state index contributed by atoms with van der Waals surface area (Å²) in [5, 5.41) is 4.18. The number of nitrogens with one attached hydrogen (secondary N) is 1. The number of hydrogen-bond acceptors (Lipinski definition) is 4. The first-order valence-corrected chi connectivity index (χ1v) is 11.7. The molecule has 2 atom stereocenters. The smallest absolute Gasteiger partial charge is 0.307 e. The van der Waals surface area contributed by atoms with Crippen molar-refractivity contribution >= 4 is 23.5 Å². The Morgan fingerprint density at radius 1 is 1.21 bits per heavy atom. The Labute approximate surface area is 198 Å². The van der Waals surface area contributed by atoms with Gasteiger partial charge >= 0.3 is 5.97 Å². The van der Waals surface area contributed by atoms with Gasteiger partial charge in [0.05, 0.1) is 13.5 Å². The molecule has 1 N–H and O–H groups in total. The molecule has 0 saturated carbocycles. The molecule has 174 valence electrons. The number of amides is 1. The zero-order chi connectivity index (χ0) is 23.4. The van der Waals surface area contributed by atoms with Crippen LogP contribution in [0, 0.1) is 5.82 Å². The van der Waals surface area contributed by atoms with Crippen molar-refractivity contribution in [2.45, 2.75) is 50.7 Å². The molecule has 2 aromatic rings. The van der Waals surface area contributed by atoms with Gasteiger partial charge in [0, 0.05) is 23.2 Å². The second-order valence-corrected chi connectivity index (χ2v) is 8.98. The average Bonchev–Trinajstić information content (AvgIpc) is 3.09. The highest BCUT2D eigenvalue weighted by atomic mass is 35.5. The van der Waals surface area contributed by atoms with E-state index in [1.54, 1.807) is 12.1 Å². The van der Waals surface area contributed by atoms with E-state index in [9.17, 15) is 14.0 Å². The standard InChI is InChI=1S/C26H28ClFN2O3/c1-33-24(31)16-23(18-5-4-6-20(28)15-18)29-25-21-7-2-3-8-22(21)26(32)30(25)14-13-17-9-11-19(27)12-10-17/h4-6,9-12,15,23,25,29H,2-3,7-8,13-14,16H2,1H3. The third-order valence-electron chi connectivity index (χ3n) is 6.43. The molecule has 1 amide bonds. The van der Waals surface area contributed by atoms with E-state index in [0.29, 0.717) is 23.6 Å². The van der Waals surface area contributed by atoms with Crippen molar-refractivity contribution in [3.05, 3.63) is 81.6 Å². The van der Waals surface area contributed by atoms with Crippen molar-refractivity contribution in [2.24, 2.45) is 0 Å². The fourth-order valence-corrected chi connectivity index (χ4v) is 4.84. The molecule has 1 aliphatic heterocycles. The molecule has 0 aromatic heterocycles. The van der Waals surface area contributed by atoms with Gasteiger partial charge in [-0.15, -0.1) is 0 Å². The number of methoxy groups -OCH3 is 1. The predicted octanol–water partition coefficient (Wildman–Crippen LogP) is 4.95. The Balaban J connectivity index is 1.60. The first-order chi connectivity index (χ1) is 16.0. The van der Waals surface area contributed by atoms with Gasteiger partial charge < -0.3 is 9.64 Å². The normalized spacial score (nSPS) is 18.9. The first-order valence-electron chi connectivity index (χ1n) is 11.3. The average molecular weight is 471 g/mol. The fraction of sp³-hybridized carbons (Fsp3) is 0.385. The Kier molecular flexibility index (Phi) is 7.46. The van der Waals surface area contributed by atoms with Crippen molar-refractivity contribution in [3.8, 4) is 0 Å². The molecule has 0 spiro atoms. The summed E-state index contributed by atoms with van der Waals surface area (Å²) in [7, 11) is 1.34. The van der Waals surface area contributed by atoms with Crippen LogP contribution >= 0.6 is 11.6 Å². The van der Waals surface area contributed by atoms with Gasteiger partial charge in [-0.3, -0.25) is 14.9 Å². The van der Waals surface area contributed by atoms with Crippen molar-refractivity contribution in [2.75, 3.05) is 13.7 Å². The molecule has 2 unspecified atom stereocenters. The van der Waals surface area contributed by atoms with E-state index >= 15 is 0 Å². The number of benzene rings is 2. The number of ether oxygens (including phenoxy) is 1. The van der Waals surface area contributed by atoms with E-state index in [-0.39, 0.29) is 24.3 Å². The van der Waals surface area contributed by atoms with Crippen molar-refractivity contribution in [1.29, 1.82) is 0 Å². The molecule has 5 nitrogen and oxygen atoms in total. The summed E-state index contributed by atoms with van der Waals surface area (Å²) in [6.07, 6.45) is 4.02. The number of halogens is 2. The maximum Gasteiger partial charge on any atom is 0.307 e. The fourth-order valence-electron chi connectivity index (χ4n) is 4.71. The van der Waals surface area contributed by atoms with Gasteiger partial charge in [0.25, 0.3) is 5.91 Å². The molecule has 2 aliphatic rings. The van der Waals surface area contributed by atoms with Gasteiger partial charge in [0.15, 0.2) is 0 Å². The van der Waals surface area contributed by atoms with Crippen LogP contribution < -0.4 is 5.32 Å². The number of esters is 1. The highest BCUT2D eigenvalue weighted by molar-refractivity contribution is 6.30. The Morgan fingerprint density at radius 3 is 2.70 bits per heavy atom. The minimum Gasteiger partial charge on any atom is -0.469 e. The zero-order valence-electron chi connectivity index (χ0n) is 18.7. The Morgan fingerprint density at radius 2 is 1.97 bits per heavy atom. The van der Waals surface area contributed by atoms with E-state index in [1.807, 2.05) is 29.2 Å². The van der Waals surface area contributed by atoms with Crippen LogP contribution in [-0.2, 0) is 20.7 Å². The van der Waals surface area contributed by atoms with Gasteiger partial charge in [-0.25, -0.2) is 4.39 Å². The van der Waals surface area contributed by atoms with Crippen LogP contribution in [0.1, 0.15) is 49.3 Å². The van der Waals surface area contributed by atoms with Crippen LogP contribution in [0.25, 0.3) is 0 Å². The van der Waals surface area contributed by atoms with Gasteiger partial charge in [0.2, 0.25) is 0 Å². The molecule has 33 heavy (non-hydrogen) atoms. The molecular formula is C26H28ClFN2O3. The summed E-state index contributed by atoms with van der Waals surface area (Å²) in [6.45, 7) is 0.527. The van der Waals surface area contributed by atoms with Gasteiger partial charge in [-0.1, -0.05) is 35.9 Å². The molecule has 4 rings (SSSR count). The summed E-state index contributed by atoms with van der Waals surface area (Å²) in [5.74, 6) is -0.720. The highest BCUT2D eigenvalue weighted by Gasteiger charge is 2.40. The molecular weight excluding hydrogens is 443 g/mol.